The number of nitrogens with one attached hydrogen (secondary N) is 1. The van der Waals surface area contributed by atoms with Gasteiger partial charge in [0, 0.05) is 5.69 Å². The van der Waals surface area contributed by atoms with Crippen LogP contribution < -0.4 is 5.32 Å². The van der Waals surface area contributed by atoms with Gasteiger partial charge in [-0.15, -0.1) is 0 Å². The molecule has 1 heterocycles. The van der Waals surface area contributed by atoms with Gasteiger partial charge in [0.2, 0.25) is 0 Å². The maximum absolute atomic E-state index is 4.65. The van der Waals surface area contributed by atoms with Crippen molar-refractivity contribution in [1.82, 2.24) is 15.1 Å². The summed E-state index contributed by atoms with van der Waals surface area (Å²) in [5.74, 6) is 0. The molecule has 3 heteroatoms. The van der Waals surface area contributed by atoms with E-state index in [9.17, 15) is 0 Å². The minimum Gasteiger partial charge on any atom is -0.319 e. The van der Waals surface area contributed by atoms with Crippen LogP contribution >= 0.6 is 0 Å². The van der Waals surface area contributed by atoms with E-state index in [-0.39, 0.29) is 0 Å². The Balaban J connectivity index is 2.19. The predicted molar refractivity (Wildman–Crippen MR) is 74.9 cm³/mol. The normalized spacial score (nSPS) is 10.8. The molecule has 2 rings (SSSR count). The highest BCUT2D eigenvalue weighted by Crippen LogP contribution is 2.15. The van der Waals surface area contributed by atoms with Crippen molar-refractivity contribution in [2.75, 3.05) is 13.6 Å². The molecule has 96 valence electrons. The second-order valence-electron chi connectivity index (χ2n) is 4.65. The van der Waals surface area contributed by atoms with Crippen LogP contribution in [0.5, 0.6) is 0 Å². The number of likely N-dealkylation sites (N-methyl/N-ethyl adjacent to an activating group) is 1. The molecule has 1 aromatic carbocycles. The fourth-order valence-corrected chi connectivity index (χ4v) is 2.26. The second kappa shape index (κ2) is 5.83. The summed E-state index contributed by atoms with van der Waals surface area (Å²) in [7, 11) is 1.99. The number of nitrogens with zero attached hydrogens (tertiary/aromatic N) is 2. The van der Waals surface area contributed by atoms with Gasteiger partial charge < -0.3 is 5.32 Å². The molecule has 0 saturated carbocycles. The Bertz CT molecular complexity index is 500. The van der Waals surface area contributed by atoms with E-state index in [4.69, 9.17) is 0 Å². The summed E-state index contributed by atoms with van der Waals surface area (Å²) in [6, 6.07) is 10.5. The minimum atomic E-state index is 0.854. The molecular weight excluding hydrogens is 222 g/mol. The summed E-state index contributed by atoms with van der Waals surface area (Å²) in [6.07, 6.45) is 1.04. The highest BCUT2D eigenvalue weighted by atomic mass is 15.3. The van der Waals surface area contributed by atoms with Crippen LogP contribution in [0, 0.1) is 13.8 Å². The minimum absolute atomic E-state index is 0.854. The van der Waals surface area contributed by atoms with E-state index in [1.165, 1.54) is 16.8 Å². The molecule has 0 radical (unpaired) electrons. The van der Waals surface area contributed by atoms with Crippen LogP contribution in [0.15, 0.2) is 30.3 Å². The highest BCUT2D eigenvalue weighted by molar-refractivity contribution is 5.26. The third-order valence-electron chi connectivity index (χ3n) is 3.33. The SMILES string of the molecule is CNCCc1c(C)nn(Cc2ccccc2)c1C. The van der Waals surface area contributed by atoms with Crippen LogP contribution in [0.4, 0.5) is 0 Å². The van der Waals surface area contributed by atoms with Crippen molar-refractivity contribution >= 4 is 0 Å². The molecule has 0 bridgehead atoms. The maximum Gasteiger partial charge on any atom is 0.0662 e. The lowest BCUT2D eigenvalue weighted by molar-refractivity contribution is 0.657. The van der Waals surface area contributed by atoms with E-state index in [2.05, 4.69) is 53.2 Å². The largest absolute Gasteiger partial charge is 0.319 e. The molecule has 2 aromatic rings. The van der Waals surface area contributed by atoms with Crippen LogP contribution in [-0.4, -0.2) is 23.4 Å². The van der Waals surface area contributed by atoms with E-state index < -0.39 is 0 Å². The lowest BCUT2D eigenvalue weighted by atomic mass is 10.1. The van der Waals surface area contributed by atoms with Gasteiger partial charge in [-0.2, -0.15) is 5.10 Å². The van der Waals surface area contributed by atoms with Crippen LogP contribution in [-0.2, 0) is 13.0 Å². The standard InChI is InChI=1S/C15H21N3/c1-12-15(9-10-16-3)13(2)18(17-12)11-14-7-5-4-6-8-14/h4-8,16H,9-11H2,1-3H3. The highest BCUT2D eigenvalue weighted by Gasteiger charge is 2.10. The van der Waals surface area contributed by atoms with Crippen molar-refractivity contribution in [2.45, 2.75) is 26.8 Å². The number of hydrogen-bond acceptors (Lipinski definition) is 2. The molecule has 0 aliphatic rings. The first-order valence-electron chi connectivity index (χ1n) is 6.43. The molecule has 0 spiro atoms. The number of benzene rings is 1. The van der Waals surface area contributed by atoms with Crippen molar-refractivity contribution < 1.29 is 0 Å². The van der Waals surface area contributed by atoms with Crippen molar-refractivity contribution in [2.24, 2.45) is 0 Å². The number of hydrogen-bond donors (Lipinski definition) is 1. The zero-order chi connectivity index (χ0) is 13.0. The Hall–Kier alpha value is -1.61. The molecule has 0 amide bonds. The van der Waals surface area contributed by atoms with Crippen molar-refractivity contribution in [3.05, 3.63) is 52.8 Å². The van der Waals surface area contributed by atoms with Crippen LogP contribution in [0.1, 0.15) is 22.5 Å². The molecule has 0 aliphatic carbocycles. The first-order chi connectivity index (χ1) is 8.72. The zero-order valence-electron chi connectivity index (χ0n) is 11.4. The van der Waals surface area contributed by atoms with Crippen molar-refractivity contribution in [3.63, 3.8) is 0 Å². The number of aromatic nitrogens is 2. The van der Waals surface area contributed by atoms with Crippen molar-refractivity contribution in [1.29, 1.82) is 0 Å². The lowest BCUT2D eigenvalue weighted by Crippen LogP contribution is -2.11. The van der Waals surface area contributed by atoms with Gasteiger partial charge in [-0.25, -0.2) is 0 Å². The summed E-state index contributed by atoms with van der Waals surface area (Å²) in [5, 5.41) is 7.84. The van der Waals surface area contributed by atoms with E-state index in [1.807, 2.05) is 13.1 Å². The Morgan fingerprint density at radius 1 is 1.17 bits per heavy atom. The molecule has 18 heavy (non-hydrogen) atoms. The smallest absolute Gasteiger partial charge is 0.0662 e. The Kier molecular flexibility index (Phi) is 4.15. The summed E-state index contributed by atoms with van der Waals surface area (Å²) < 4.78 is 2.11. The van der Waals surface area contributed by atoms with Gasteiger partial charge in [0.1, 0.15) is 0 Å². The first-order valence-corrected chi connectivity index (χ1v) is 6.43. The fraction of sp³-hybridized carbons (Fsp3) is 0.400. The quantitative estimate of drug-likeness (QED) is 0.873. The van der Waals surface area contributed by atoms with Gasteiger partial charge in [-0.1, -0.05) is 30.3 Å². The third kappa shape index (κ3) is 2.79. The fourth-order valence-electron chi connectivity index (χ4n) is 2.26. The van der Waals surface area contributed by atoms with E-state index in [0.717, 1.165) is 25.2 Å². The predicted octanol–water partition coefficient (Wildman–Crippen LogP) is 2.31. The molecule has 0 saturated heterocycles. The molecule has 1 N–H and O–H groups in total. The van der Waals surface area contributed by atoms with Crippen LogP contribution in [0.3, 0.4) is 0 Å². The maximum atomic E-state index is 4.65. The van der Waals surface area contributed by atoms with Gasteiger partial charge in [-0.3, -0.25) is 4.68 Å². The summed E-state index contributed by atoms with van der Waals surface area (Å²) in [5.41, 5.74) is 5.11. The summed E-state index contributed by atoms with van der Waals surface area (Å²) >= 11 is 0. The van der Waals surface area contributed by atoms with Crippen LogP contribution in [0.2, 0.25) is 0 Å². The zero-order valence-corrected chi connectivity index (χ0v) is 11.4. The van der Waals surface area contributed by atoms with Crippen molar-refractivity contribution in [3.8, 4) is 0 Å². The van der Waals surface area contributed by atoms with E-state index in [0.29, 0.717) is 0 Å². The molecule has 0 atom stereocenters. The first kappa shape index (κ1) is 12.8. The van der Waals surface area contributed by atoms with Gasteiger partial charge >= 0.3 is 0 Å². The van der Waals surface area contributed by atoms with E-state index in [1.54, 1.807) is 0 Å². The molecule has 0 fully saturated rings. The molecule has 3 nitrogen and oxygen atoms in total. The van der Waals surface area contributed by atoms with Gasteiger partial charge in [-0.05, 0) is 45.0 Å². The topological polar surface area (TPSA) is 29.9 Å². The summed E-state index contributed by atoms with van der Waals surface area (Å²) in [6.45, 7) is 6.11. The monoisotopic (exact) mass is 243 g/mol. The third-order valence-corrected chi connectivity index (χ3v) is 3.33. The van der Waals surface area contributed by atoms with Gasteiger partial charge in [0.15, 0.2) is 0 Å². The number of aryl methyl sites for hydroxylation is 1. The van der Waals surface area contributed by atoms with E-state index >= 15 is 0 Å². The molecule has 1 aromatic heterocycles. The Morgan fingerprint density at radius 3 is 2.56 bits per heavy atom. The summed E-state index contributed by atoms with van der Waals surface area (Å²) in [4.78, 5) is 0. The van der Waals surface area contributed by atoms with Crippen LogP contribution in [0.25, 0.3) is 0 Å². The average Bonchev–Trinajstić information content (AvgIpc) is 2.64. The Labute approximate surface area is 109 Å². The molecule has 0 aliphatic heterocycles. The average molecular weight is 243 g/mol. The molecular formula is C15H21N3. The molecule has 0 unspecified atom stereocenters. The lowest BCUT2D eigenvalue weighted by Gasteiger charge is -2.05. The van der Waals surface area contributed by atoms with Gasteiger partial charge in [0.05, 0.1) is 12.2 Å². The van der Waals surface area contributed by atoms with Gasteiger partial charge in [0.25, 0.3) is 0 Å². The Morgan fingerprint density at radius 2 is 1.89 bits per heavy atom. The number of rotatable bonds is 5. The second-order valence-corrected chi connectivity index (χ2v) is 4.65.